The molecular weight excluding hydrogens is 240 g/mol. The van der Waals surface area contributed by atoms with Gasteiger partial charge in [-0.3, -0.25) is 11.3 Å². The van der Waals surface area contributed by atoms with Gasteiger partial charge in [-0.05, 0) is 36.6 Å². The van der Waals surface area contributed by atoms with Gasteiger partial charge in [-0.2, -0.15) is 11.8 Å². The normalized spacial score (nSPS) is 22.2. The standard InChI is InChI=1S/C12H17ClN2S/c13-10-5-2-1-4-9(10)8-11(15-14)12-6-3-7-16-12/h1-2,4-5,11-12,15H,3,6-8,14H2. The lowest BCUT2D eigenvalue weighted by molar-refractivity contribution is 0.496. The fourth-order valence-corrected chi connectivity index (χ4v) is 3.71. The Balaban J connectivity index is 2.03. The first-order chi connectivity index (χ1) is 7.81. The predicted octanol–water partition coefficient (Wildman–Crippen LogP) is 2.61. The second-order valence-corrected chi connectivity index (χ2v) is 5.87. The lowest BCUT2D eigenvalue weighted by atomic mass is 10.0. The Morgan fingerprint density at radius 3 is 2.94 bits per heavy atom. The average Bonchev–Trinajstić information content (AvgIpc) is 2.81. The van der Waals surface area contributed by atoms with Crippen LogP contribution in [-0.4, -0.2) is 17.0 Å². The molecule has 1 heterocycles. The summed E-state index contributed by atoms with van der Waals surface area (Å²) in [4.78, 5) is 0. The second kappa shape index (κ2) is 5.92. The van der Waals surface area contributed by atoms with E-state index in [4.69, 9.17) is 17.4 Å². The van der Waals surface area contributed by atoms with Crippen molar-refractivity contribution in [1.29, 1.82) is 0 Å². The van der Waals surface area contributed by atoms with Gasteiger partial charge in [0, 0.05) is 16.3 Å². The summed E-state index contributed by atoms with van der Waals surface area (Å²) in [5.74, 6) is 6.90. The molecular formula is C12H17ClN2S. The van der Waals surface area contributed by atoms with Crippen LogP contribution in [0.15, 0.2) is 24.3 Å². The molecule has 0 bridgehead atoms. The number of hydrogen-bond donors (Lipinski definition) is 2. The van der Waals surface area contributed by atoms with Gasteiger partial charge in [0.25, 0.3) is 0 Å². The SMILES string of the molecule is NNC(Cc1ccccc1Cl)C1CCCS1. The van der Waals surface area contributed by atoms with Gasteiger partial charge in [0.1, 0.15) is 0 Å². The van der Waals surface area contributed by atoms with Crippen LogP contribution in [0.2, 0.25) is 5.02 Å². The molecule has 1 fully saturated rings. The first kappa shape index (κ1) is 12.2. The van der Waals surface area contributed by atoms with Crippen LogP contribution in [0.1, 0.15) is 18.4 Å². The molecule has 0 aliphatic carbocycles. The number of hydrazine groups is 1. The van der Waals surface area contributed by atoms with Crippen molar-refractivity contribution in [1.82, 2.24) is 5.43 Å². The van der Waals surface area contributed by atoms with Crippen LogP contribution in [-0.2, 0) is 6.42 Å². The molecule has 0 amide bonds. The van der Waals surface area contributed by atoms with E-state index in [2.05, 4.69) is 11.5 Å². The molecule has 0 spiro atoms. The first-order valence-electron chi connectivity index (χ1n) is 5.62. The molecule has 16 heavy (non-hydrogen) atoms. The molecule has 2 rings (SSSR count). The van der Waals surface area contributed by atoms with Gasteiger partial charge >= 0.3 is 0 Å². The fourth-order valence-electron chi connectivity index (χ4n) is 2.12. The predicted molar refractivity (Wildman–Crippen MR) is 71.7 cm³/mol. The van der Waals surface area contributed by atoms with E-state index in [0.717, 1.165) is 11.4 Å². The van der Waals surface area contributed by atoms with E-state index in [-0.39, 0.29) is 0 Å². The largest absolute Gasteiger partial charge is 0.271 e. The van der Waals surface area contributed by atoms with Gasteiger partial charge in [-0.15, -0.1) is 0 Å². The van der Waals surface area contributed by atoms with Crippen molar-refractivity contribution in [2.45, 2.75) is 30.6 Å². The molecule has 2 atom stereocenters. The third-order valence-electron chi connectivity index (χ3n) is 3.03. The smallest absolute Gasteiger partial charge is 0.0438 e. The van der Waals surface area contributed by atoms with E-state index in [0.29, 0.717) is 11.3 Å². The maximum absolute atomic E-state index is 6.16. The van der Waals surface area contributed by atoms with E-state index in [9.17, 15) is 0 Å². The summed E-state index contributed by atoms with van der Waals surface area (Å²) in [5, 5.41) is 1.46. The van der Waals surface area contributed by atoms with Crippen LogP contribution in [0.25, 0.3) is 0 Å². The van der Waals surface area contributed by atoms with Gasteiger partial charge in [-0.25, -0.2) is 0 Å². The van der Waals surface area contributed by atoms with Crippen LogP contribution in [0.4, 0.5) is 0 Å². The third kappa shape index (κ3) is 2.92. The summed E-state index contributed by atoms with van der Waals surface area (Å²) in [6, 6.07) is 8.32. The highest BCUT2D eigenvalue weighted by atomic mass is 35.5. The number of hydrogen-bond acceptors (Lipinski definition) is 3. The molecule has 0 radical (unpaired) electrons. The fraction of sp³-hybridized carbons (Fsp3) is 0.500. The lowest BCUT2D eigenvalue weighted by Gasteiger charge is -2.22. The summed E-state index contributed by atoms with van der Waals surface area (Å²) in [6.45, 7) is 0. The summed E-state index contributed by atoms with van der Waals surface area (Å²) >= 11 is 8.17. The monoisotopic (exact) mass is 256 g/mol. The van der Waals surface area contributed by atoms with E-state index in [1.807, 2.05) is 30.0 Å². The summed E-state index contributed by atoms with van der Waals surface area (Å²) in [6.07, 6.45) is 3.47. The Bertz CT molecular complexity index is 340. The van der Waals surface area contributed by atoms with E-state index in [1.165, 1.54) is 24.2 Å². The maximum atomic E-state index is 6.16. The van der Waals surface area contributed by atoms with Crippen molar-refractivity contribution in [3.63, 3.8) is 0 Å². The van der Waals surface area contributed by atoms with Crippen molar-refractivity contribution >= 4 is 23.4 Å². The van der Waals surface area contributed by atoms with E-state index >= 15 is 0 Å². The van der Waals surface area contributed by atoms with Crippen LogP contribution in [0.3, 0.4) is 0 Å². The van der Waals surface area contributed by atoms with Crippen molar-refractivity contribution in [3.8, 4) is 0 Å². The zero-order valence-electron chi connectivity index (χ0n) is 9.16. The highest BCUT2D eigenvalue weighted by Crippen LogP contribution is 2.30. The Morgan fingerprint density at radius 1 is 1.50 bits per heavy atom. The van der Waals surface area contributed by atoms with Gasteiger partial charge < -0.3 is 0 Å². The molecule has 2 unspecified atom stereocenters. The Hall–Kier alpha value is -0.220. The highest BCUT2D eigenvalue weighted by Gasteiger charge is 2.25. The second-order valence-electron chi connectivity index (χ2n) is 4.12. The molecule has 4 heteroatoms. The molecule has 1 aliphatic heterocycles. The molecule has 1 saturated heterocycles. The van der Waals surface area contributed by atoms with Gasteiger partial charge in [-0.1, -0.05) is 29.8 Å². The maximum Gasteiger partial charge on any atom is 0.0438 e. The number of nitrogens with two attached hydrogens (primary N) is 1. The van der Waals surface area contributed by atoms with E-state index in [1.54, 1.807) is 0 Å². The summed E-state index contributed by atoms with van der Waals surface area (Å²) < 4.78 is 0. The molecule has 1 aromatic rings. The van der Waals surface area contributed by atoms with Crippen LogP contribution >= 0.6 is 23.4 Å². The molecule has 88 valence electrons. The Kier molecular flexibility index (Phi) is 4.53. The summed E-state index contributed by atoms with van der Waals surface area (Å²) in [5.41, 5.74) is 4.12. The highest BCUT2D eigenvalue weighted by molar-refractivity contribution is 8.00. The van der Waals surface area contributed by atoms with Crippen LogP contribution in [0.5, 0.6) is 0 Å². The van der Waals surface area contributed by atoms with Gasteiger partial charge in [0.15, 0.2) is 0 Å². The van der Waals surface area contributed by atoms with Gasteiger partial charge in [0.05, 0.1) is 0 Å². The van der Waals surface area contributed by atoms with Crippen LogP contribution in [0, 0.1) is 0 Å². The van der Waals surface area contributed by atoms with Crippen LogP contribution < -0.4 is 11.3 Å². The molecule has 3 N–H and O–H groups in total. The number of nitrogens with one attached hydrogen (secondary N) is 1. The zero-order valence-corrected chi connectivity index (χ0v) is 10.7. The minimum absolute atomic E-state index is 0.326. The first-order valence-corrected chi connectivity index (χ1v) is 7.05. The van der Waals surface area contributed by atoms with Crippen molar-refractivity contribution in [2.24, 2.45) is 5.84 Å². The summed E-state index contributed by atoms with van der Waals surface area (Å²) in [7, 11) is 0. The Morgan fingerprint density at radius 2 is 2.31 bits per heavy atom. The average molecular weight is 257 g/mol. The molecule has 0 saturated carbocycles. The quantitative estimate of drug-likeness (QED) is 0.643. The number of thioether (sulfide) groups is 1. The minimum atomic E-state index is 0.326. The number of rotatable bonds is 4. The minimum Gasteiger partial charge on any atom is -0.271 e. The van der Waals surface area contributed by atoms with Crippen molar-refractivity contribution in [2.75, 3.05) is 5.75 Å². The Labute approximate surface area is 106 Å². The van der Waals surface area contributed by atoms with Crippen molar-refractivity contribution < 1.29 is 0 Å². The van der Waals surface area contributed by atoms with Crippen molar-refractivity contribution in [3.05, 3.63) is 34.9 Å². The number of benzene rings is 1. The number of halogens is 1. The molecule has 2 nitrogen and oxygen atoms in total. The third-order valence-corrected chi connectivity index (χ3v) is 4.91. The molecule has 1 aromatic carbocycles. The molecule has 0 aromatic heterocycles. The lowest BCUT2D eigenvalue weighted by Crippen LogP contribution is -2.43. The van der Waals surface area contributed by atoms with E-state index < -0.39 is 0 Å². The molecule has 1 aliphatic rings. The zero-order chi connectivity index (χ0) is 11.4. The van der Waals surface area contributed by atoms with Gasteiger partial charge in [0.2, 0.25) is 0 Å². The topological polar surface area (TPSA) is 38.0 Å².